The molecule has 0 radical (unpaired) electrons. The van der Waals surface area contributed by atoms with Gasteiger partial charge in [0, 0.05) is 10.8 Å². The van der Waals surface area contributed by atoms with Gasteiger partial charge in [0.25, 0.3) is 5.91 Å². The SMILES string of the molecule is CSCc1ccc(C(=O)NCc2nc(C(C)(C)C)cs2)o1. The molecule has 114 valence electrons. The number of carbonyl (C=O) groups excluding carboxylic acids is 1. The average molecular weight is 324 g/mol. The summed E-state index contributed by atoms with van der Waals surface area (Å²) in [5.74, 6) is 1.74. The zero-order chi connectivity index (χ0) is 15.5. The molecule has 0 bridgehead atoms. The fourth-order valence-electron chi connectivity index (χ4n) is 1.70. The largest absolute Gasteiger partial charge is 0.455 e. The van der Waals surface area contributed by atoms with Gasteiger partial charge < -0.3 is 9.73 Å². The van der Waals surface area contributed by atoms with Gasteiger partial charge in [-0.2, -0.15) is 11.8 Å². The van der Waals surface area contributed by atoms with Crippen molar-refractivity contribution < 1.29 is 9.21 Å². The second kappa shape index (κ2) is 6.66. The Morgan fingerprint density at radius 2 is 2.19 bits per heavy atom. The number of nitrogens with zero attached hydrogens (tertiary/aromatic N) is 1. The highest BCUT2D eigenvalue weighted by Crippen LogP contribution is 2.23. The van der Waals surface area contributed by atoms with Crippen molar-refractivity contribution >= 4 is 29.0 Å². The van der Waals surface area contributed by atoms with Crippen LogP contribution in [0.1, 0.15) is 47.8 Å². The molecule has 2 heterocycles. The highest BCUT2D eigenvalue weighted by atomic mass is 32.2. The first-order chi connectivity index (χ1) is 9.90. The Bertz CT molecular complexity index is 611. The molecule has 1 amide bonds. The van der Waals surface area contributed by atoms with Crippen LogP contribution in [0.4, 0.5) is 0 Å². The normalized spacial score (nSPS) is 11.6. The molecular formula is C15H20N2O2S2. The fraction of sp³-hybridized carbons (Fsp3) is 0.467. The van der Waals surface area contributed by atoms with Crippen LogP contribution in [-0.2, 0) is 17.7 Å². The maximum Gasteiger partial charge on any atom is 0.287 e. The van der Waals surface area contributed by atoms with Gasteiger partial charge in [0.05, 0.1) is 18.0 Å². The summed E-state index contributed by atoms with van der Waals surface area (Å²) >= 11 is 3.23. The lowest BCUT2D eigenvalue weighted by atomic mass is 9.93. The second-order valence-corrected chi connectivity index (χ2v) is 7.57. The molecule has 0 spiro atoms. The Hall–Kier alpha value is -1.27. The molecule has 21 heavy (non-hydrogen) atoms. The van der Waals surface area contributed by atoms with Crippen molar-refractivity contribution in [1.82, 2.24) is 10.3 Å². The molecular weight excluding hydrogens is 304 g/mol. The van der Waals surface area contributed by atoms with Crippen molar-refractivity contribution in [2.45, 2.75) is 38.5 Å². The smallest absolute Gasteiger partial charge is 0.287 e. The van der Waals surface area contributed by atoms with E-state index in [0.717, 1.165) is 22.2 Å². The minimum Gasteiger partial charge on any atom is -0.455 e. The summed E-state index contributed by atoms with van der Waals surface area (Å²) in [4.78, 5) is 16.6. The Morgan fingerprint density at radius 3 is 2.81 bits per heavy atom. The standard InChI is InChI=1S/C15H20N2O2S2/c1-15(2,3)12-9-21-13(17-12)7-16-14(18)11-6-5-10(19-11)8-20-4/h5-6,9H,7-8H2,1-4H3,(H,16,18). The van der Waals surface area contributed by atoms with Crippen molar-refractivity contribution in [1.29, 1.82) is 0 Å². The average Bonchev–Trinajstić information content (AvgIpc) is 3.04. The van der Waals surface area contributed by atoms with E-state index in [1.807, 2.05) is 17.7 Å². The van der Waals surface area contributed by atoms with Crippen LogP contribution in [0.25, 0.3) is 0 Å². The summed E-state index contributed by atoms with van der Waals surface area (Å²) in [6, 6.07) is 3.55. The molecule has 0 aromatic carbocycles. The monoisotopic (exact) mass is 324 g/mol. The molecule has 2 aromatic heterocycles. The third-order valence-corrected chi connectivity index (χ3v) is 4.31. The third kappa shape index (κ3) is 4.35. The Balaban J connectivity index is 1.92. The molecule has 0 aliphatic carbocycles. The Kier molecular flexibility index (Phi) is 5.11. The van der Waals surface area contributed by atoms with Gasteiger partial charge in [-0.1, -0.05) is 20.8 Å². The number of hydrogen-bond donors (Lipinski definition) is 1. The molecule has 1 N–H and O–H groups in total. The van der Waals surface area contributed by atoms with E-state index in [-0.39, 0.29) is 11.3 Å². The molecule has 0 saturated carbocycles. The number of nitrogens with one attached hydrogen (secondary N) is 1. The van der Waals surface area contributed by atoms with Crippen LogP contribution >= 0.6 is 23.1 Å². The van der Waals surface area contributed by atoms with E-state index >= 15 is 0 Å². The van der Waals surface area contributed by atoms with E-state index in [9.17, 15) is 4.79 Å². The summed E-state index contributed by atoms with van der Waals surface area (Å²) in [7, 11) is 0. The van der Waals surface area contributed by atoms with Gasteiger partial charge in [0.1, 0.15) is 10.8 Å². The van der Waals surface area contributed by atoms with E-state index in [1.165, 1.54) is 0 Å². The molecule has 2 aromatic rings. The van der Waals surface area contributed by atoms with Crippen LogP contribution in [0, 0.1) is 0 Å². The minimum absolute atomic E-state index is 0.0342. The number of hydrogen-bond acceptors (Lipinski definition) is 5. The zero-order valence-corrected chi connectivity index (χ0v) is 14.4. The summed E-state index contributed by atoms with van der Waals surface area (Å²) in [5.41, 5.74) is 1.09. The third-order valence-electron chi connectivity index (χ3n) is 2.89. The van der Waals surface area contributed by atoms with Crippen molar-refractivity contribution in [3.05, 3.63) is 39.7 Å². The fourth-order valence-corrected chi connectivity index (χ4v) is 3.10. The van der Waals surface area contributed by atoms with E-state index < -0.39 is 0 Å². The summed E-state index contributed by atoms with van der Waals surface area (Å²) in [6.07, 6.45) is 2.00. The van der Waals surface area contributed by atoms with E-state index in [2.05, 4.69) is 31.1 Å². The highest BCUT2D eigenvalue weighted by molar-refractivity contribution is 7.97. The van der Waals surface area contributed by atoms with Crippen LogP contribution in [0.5, 0.6) is 0 Å². The topological polar surface area (TPSA) is 55.1 Å². The Morgan fingerprint density at radius 1 is 1.43 bits per heavy atom. The van der Waals surface area contributed by atoms with Gasteiger partial charge >= 0.3 is 0 Å². The van der Waals surface area contributed by atoms with Crippen LogP contribution < -0.4 is 5.32 Å². The van der Waals surface area contributed by atoms with Gasteiger partial charge in [0.2, 0.25) is 0 Å². The number of thiazole rings is 1. The lowest BCUT2D eigenvalue weighted by Crippen LogP contribution is -2.22. The number of aromatic nitrogens is 1. The quantitative estimate of drug-likeness (QED) is 0.908. The lowest BCUT2D eigenvalue weighted by Gasteiger charge is -2.14. The first-order valence-electron chi connectivity index (χ1n) is 6.71. The van der Waals surface area contributed by atoms with Crippen molar-refractivity contribution in [3.8, 4) is 0 Å². The lowest BCUT2D eigenvalue weighted by molar-refractivity contribution is 0.0921. The highest BCUT2D eigenvalue weighted by Gasteiger charge is 2.18. The number of rotatable bonds is 5. The molecule has 0 fully saturated rings. The summed E-state index contributed by atoms with van der Waals surface area (Å²) < 4.78 is 5.48. The first-order valence-corrected chi connectivity index (χ1v) is 8.98. The van der Waals surface area contributed by atoms with Gasteiger partial charge in [-0.3, -0.25) is 4.79 Å². The van der Waals surface area contributed by atoms with Gasteiger partial charge in [-0.05, 0) is 18.4 Å². The number of carbonyl (C=O) groups is 1. The maximum atomic E-state index is 12.0. The van der Waals surface area contributed by atoms with Crippen LogP contribution in [0.2, 0.25) is 0 Å². The number of amides is 1. The van der Waals surface area contributed by atoms with Gasteiger partial charge in [-0.15, -0.1) is 11.3 Å². The number of furan rings is 1. The van der Waals surface area contributed by atoms with Gasteiger partial charge in [-0.25, -0.2) is 4.98 Å². The van der Waals surface area contributed by atoms with Crippen LogP contribution in [0.15, 0.2) is 21.9 Å². The van der Waals surface area contributed by atoms with Crippen LogP contribution in [-0.4, -0.2) is 17.1 Å². The van der Waals surface area contributed by atoms with E-state index in [0.29, 0.717) is 12.3 Å². The van der Waals surface area contributed by atoms with Crippen molar-refractivity contribution in [2.24, 2.45) is 0 Å². The molecule has 0 unspecified atom stereocenters. The van der Waals surface area contributed by atoms with E-state index in [1.54, 1.807) is 29.2 Å². The maximum absolute atomic E-state index is 12.0. The van der Waals surface area contributed by atoms with Crippen LogP contribution in [0.3, 0.4) is 0 Å². The minimum atomic E-state index is -0.199. The van der Waals surface area contributed by atoms with Crippen molar-refractivity contribution in [3.63, 3.8) is 0 Å². The molecule has 0 aliphatic heterocycles. The Labute approximate surface area is 133 Å². The predicted molar refractivity (Wildman–Crippen MR) is 87.9 cm³/mol. The van der Waals surface area contributed by atoms with E-state index in [4.69, 9.17) is 4.42 Å². The predicted octanol–water partition coefficient (Wildman–Crippen LogP) is 3.83. The molecule has 6 heteroatoms. The molecule has 4 nitrogen and oxygen atoms in total. The molecule has 0 aliphatic rings. The number of thioether (sulfide) groups is 1. The second-order valence-electron chi connectivity index (χ2n) is 5.76. The molecule has 2 rings (SSSR count). The zero-order valence-electron chi connectivity index (χ0n) is 12.7. The molecule has 0 saturated heterocycles. The first kappa shape index (κ1) is 16.1. The summed E-state index contributed by atoms with van der Waals surface area (Å²) in [6.45, 7) is 6.81. The summed E-state index contributed by atoms with van der Waals surface area (Å²) in [5, 5.41) is 5.80. The van der Waals surface area contributed by atoms with Crippen molar-refractivity contribution in [2.75, 3.05) is 6.26 Å². The molecule has 0 atom stereocenters. The van der Waals surface area contributed by atoms with Gasteiger partial charge in [0.15, 0.2) is 5.76 Å².